The highest BCUT2D eigenvalue weighted by molar-refractivity contribution is 5.84. The molecule has 0 aliphatic heterocycles. The van der Waals surface area contributed by atoms with Gasteiger partial charge >= 0.3 is 0 Å². The fourth-order valence-corrected chi connectivity index (χ4v) is 2.24. The van der Waals surface area contributed by atoms with Crippen molar-refractivity contribution in [2.75, 3.05) is 5.32 Å². The molecule has 0 saturated carbocycles. The van der Waals surface area contributed by atoms with Gasteiger partial charge < -0.3 is 5.32 Å². The minimum atomic E-state index is -0.428. The van der Waals surface area contributed by atoms with E-state index in [1.54, 1.807) is 24.5 Å². The summed E-state index contributed by atoms with van der Waals surface area (Å²) < 4.78 is 13.8. The summed E-state index contributed by atoms with van der Waals surface area (Å²) in [4.78, 5) is 4.20. The van der Waals surface area contributed by atoms with Gasteiger partial charge in [0.25, 0.3) is 0 Å². The normalized spacial score (nSPS) is 10.3. The first-order valence-electron chi connectivity index (χ1n) is 6.53. The smallest absolute Gasteiger partial charge is 0.147 e. The number of rotatable bonds is 3. The number of halogens is 1. The lowest BCUT2D eigenvalue weighted by molar-refractivity contribution is 0.629. The summed E-state index contributed by atoms with van der Waals surface area (Å²) in [5, 5.41) is 13.9. The summed E-state index contributed by atoms with van der Waals surface area (Å²) in [5.74, 6) is -0.428. The van der Waals surface area contributed by atoms with E-state index in [9.17, 15) is 4.39 Å². The number of nitriles is 1. The van der Waals surface area contributed by atoms with Gasteiger partial charge in [0.1, 0.15) is 5.82 Å². The molecule has 0 aliphatic carbocycles. The van der Waals surface area contributed by atoms with E-state index >= 15 is 0 Å². The van der Waals surface area contributed by atoms with Crippen LogP contribution in [0.25, 0.3) is 10.8 Å². The maximum absolute atomic E-state index is 13.8. The van der Waals surface area contributed by atoms with Gasteiger partial charge in [-0.1, -0.05) is 24.3 Å². The number of hydrogen-bond acceptors (Lipinski definition) is 3. The number of pyridine rings is 1. The Bertz CT molecular complexity index is 832. The lowest BCUT2D eigenvalue weighted by Gasteiger charge is -2.10. The largest absolute Gasteiger partial charge is 0.379 e. The molecule has 0 spiro atoms. The van der Waals surface area contributed by atoms with Crippen LogP contribution in [0.5, 0.6) is 0 Å². The van der Waals surface area contributed by atoms with Crippen LogP contribution in [-0.2, 0) is 6.54 Å². The van der Waals surface area contributed by atoms with Crippen molar-refractivity contribution in [1.82, 2.24) is 4.98 Å². The Labute approximate surface area is 121 Å². The molecule has 0 bridgehead atoms. The predicted octanol–water partition coefficient (Wildman–Crippen LogP) is 3.86. The van der Waals surface area contributed by atoms with Gasteiger partial charge in [-0.3, -0.25) is 4.98 Å². The van der Waals surface area contributed by atoms with Crippen LogP contribution in [0.15, 0.2) is 54.9 Å². The molecule has 1 N–H and O–H groups in total. The molecule has 0 atom stereocenters. The molecule has 3 nitrogen and oxygen atoms in total. The SMILES string of the molecule is N#Cc1ccc(NCc2cncc3ccccc23)c(F)c1. The Morgan fingerprint density at radius 2 is 2.00 bits per heavy atom. The van der Waals surface area contributed by atoms with Crippen LogP contribution in [0.3, 0.4) is 0 Å². The van der Waals surface area contributed by atoms with Crippen molar-refractivity contribution in [2.24, 2.45) is 0 Å². The molecule has 3 rings (SSSR count). The number of aromatic nitrogens is 1. The molecule has 3 aromatic rings. The minimum absolute atomic E-state index is 0.310. The average Bonchev–Trinajstić information content (AvgIpc) is 2.53. The van der Waals surface area contributed by atoms with Crippen LogP contribution >= 0.6 is 0 Å². The first-order chi connectivity index (χ1) is 10.3. The van der Waals surface area contributed by atoms with Crippen molar-refractivity contribution in [3.8, 4) is 6.07 Å². The third kappa shape index (κ3) is 2.67. The zero-order chi connectivity index (χ0) is 14.7. The van der Waals surface area contributed by atoms with Crippen molar-refractivity contribution in [1.29, 1.82) is 5.26 Å². The molecule has 0 saturated heterocycles. The van der Waals surface area contributed by atoms with Crippen LogP contribution in [0.2, 0.25) is 0 Å². The second kappa shape index (κ2) is 5.59. The van der Waals surface area contributed by atoms with Crippen molar-refractivity contribution in [3.05, 3.63) is 71.8 Å². The molecular weight excluding hydrogens is 265 g/mol. The van der Waals surface area contributed by atoms with E-state index in [-0.39, 0.29) is 0 Å². The Balaban J connectivity index is 1.86. The topological polar surface area (TPSA) is 48.7 Å². The van der Waals surface area contributed by atoms with Gasteiger partial charge in [0.15, 0.2) is 0 Å². The fourth-order valence-electron chi connectivity index (χ4n) is 2.24. The predicted molar refractivity (Wildman–Crippen MR) is 80.2 cm³/mol. The van der Waals surface area contributed by atoms with E-state index in [4.69, 9.17) is 5.26 Å². The highest BCUT2D eigenvalue weighted by atomic mass is 19.1. The Morgan fingerprint density at radius 1 is 1.14 bits per heavy atom. The number of benzene rings is 2. The Kier molecular flexibility index (Phi) is 3.48. The molecule has 0 amide bonds. The highest BCUT2D eigenvalue weighted by Gasteiger charge is 2.05. The number of fused-ring (bicyclic) bond motifs is 1. The number of nitrogens with one attached hydrogen (secondary N) is 1. The van der Waals surface area contributed by atoms with E-state index in [0.29, 0.717) is 17.8 Å². The quantitative estimate of drug-likeness (QED) is 0.791. The van der Waals surface area contributed by atoms with Crippen LogP contribution in [-0.4, -0.2) is 4.98 Å². The summed E-state index contributed by atoms with van der Waals surface area (Å²) in [5.41, 5.74) is 1.68. The van der Waals surface area contributed by atoms with E-state index in [2.05, 4.69) is 10.3 Å². The summed E-state index contributed by atoms with van der Waals surface area (Å²) in [6, 6.07) is 14.2. The zero-order valence-electron chi connectivity index (χ0n) is 11.2. The zero-order valence-corrected chi connectivity index (χ0v) is 11.2. The molecule has 21 heavy (non-hydrogen) atoms. The van der Waals surface area contributed by atoms with Gasteiger partial charge in [-0.05, 0) is 29.1 Å². The molecule has 1 heterocycles. The Hall–Kier alpha value is -2.93. The van der Waals surface area contributed by atoms with Gasteiger partial charge in [0.2, 0.25) is 0 Å². The van der Waals surface area contributed by atoms with Crippen LogP contribution in [0.1, 0.15) is 11.1 Å². The van der Waals surface area contributed by atoms with Gasteiger partial charge in [0.05, 0.1) is 17.3 Å². The van der Waals surface area contributed by atoms with E-state index in [1.807, 2.05) is 30.3 Å². The average molecular weight is 277 g/mol. The molecule has 4 heteroatoms. The van der Waals surface area contributed by atoms with Gasteiger partial charge in [-0.2, -0.15) is 5.26 Å². The van der Waals surface area contributed by atoms with E-state index in [0.717, 1.165) is 16.3 Å². The maximum atomic E-state index is 13.8. The summed E-state index contributed by atoms with van der Waals surface area (Å²) in [6.45, 7) is 0.469. The Morgan fingerprint density at radius 3 is 2.81 bits per heavy atom. The lowest BCUT2D eigenvalue weighted by Crippen LogP contribution is -2.02. The number of nitrogens with zero attached hydrogens (tertiary/aromatic N) is 2. The molecular formula is C17H12FN3. The second-order valence-electron chi connectivity index (χ2n) is 4.68. The second-order valence-corrected chi connectivity index (χ2v) is 4.68. The summed E-state index contributed by atoms with van der Waals surface area (Å²) in [6.07, 6.45) is 3.58. The van der Waals surface area contributed by atoms with E-state index in [1.165, 1.54) is 6.07 Å². The lowest BCUT2D eigenvalue weighted by atomic mass is 10.1. The first-order valence-corrected chi connectivity index (χ1v) is 6.53. The molecule has 0 fully saturated rings. The molecule has 0 unspecified atom stereocenters. The summed E-state index contributed by atoms with van der Waals surface area (Å²) in [7, 11) is 0. The van der Waals surface area contributed by atoms with Crippen LogP contribution in [0.4, 0.5) is 10.1 Å². The van der Waals surface area contributed by atoms with Gasteiger partial charge in [-0.25, -0.2) is 4.39 Å². The van der Waals surface area contributed by atoms with Crippen molar-refractivity contribution in [2.45, 2.75) is 6.54 Å². The van der Waals surface area contributed by atoms with Crippen molar-refractivity contribution < 1.29 is 4.39 Å². The molecule has 1 aromatic heterocycles. The van der Waals surface area contributed by atoms with Gasteiger partial charge in [-0.15, -0.1) is 0 Å². The third-order valence-electron chi connectivity index (χ3n) is 3.32. The highest BCUT2D eigenvalue weighted by Crippen LogP contribution is 2.20. The molecule has 102 valence electrons. The fraction of sp³-hybridized carbons (Fsp3) is 0.0588. The van der Waals surface area contributed by atoms with E-state index < -0.39 is 5.82 Å². The monoisotopic (exact) mass is 277 g/mol. The minimum Gasteiger partial charge on any atom is -0.379 e. The molecule has 0 radical (unpaired) electrons. The molecule has 2 aromatic carbocycles. The number of anilines is 1. The maximum Gasteiger partial charge on any atom is 0.147 e. The first kappa shape index (κ1) is 13.1. The third-order valence-corrected chi connectivity index (χ3v) is 3.32. The number of hydrogen-bond donors (Lipinski definition) is 1. The standard InChI is InChI=1S/C17H12FN3/c18-16-7-12(8-19)5-6-17(16)21-11-14-10-20-9-13-3-1-2-4-15(13)14/h1-7,9-10,21H,11H2. The molecule has 0 aliphatic rings. The van der Waals surface area contributed by atoms with Crippen molar-refractivity contribution >= 4 is 16.5 Å². The van der Waals surface area contributed by atoms with Crippen LogP contribution in [0, 0.1) is 17.1 Å². The summed E-state index contributed by atoms with van der Waals surface area (Å²) >= 11 is 0. The van der Waals surface area contributed by atoms with Gasteiger partial charge in [0, 0.05) is 24.3 Å². The van der Waals surface area contributed by atoms with Crippen molar-refractivity contribution in [3.63, 3.8) is 0 Å². The van der Waals surface area contributed by atoms with Crippen LogP contribution < -0.4 is 5.32 Å².